The van der Waals surface area contributed by atoms with Crippen LogP contribution in [0, 0.1) is 5.92 Å². The number of nitrogens with zero attached hydrogens (tertiary/aromatic N) is 1. The number of halogens is 2. The van der Waals surface area contributed by atoms with Crippen molar-refractivity contribution in [3.05, 3.63) is 0 Å². The molecule has 2 N–H and O–H groups in total. The second-order valence-electron chi connectivity index (χ2n) is 4.08. The molecule has 0 aromatic rings. The summed E-state index contributed by atoms with van der Waals surface area (Å²) in [5.41, 5.74) is 5.30. The maximum atomic E-state index is 12.1. The summed E-state index contributed by atoms with van der Waals surface area (Å²) in [5, 5.41) is 0. The minimum atomic E-state index is -4.40. The lowest BCUT2D eigenvalue weighted by Crippen LogP contribution is -2.70. The third kappa shape index (κ3) is 1.43. The van der Waals surface area contributed by atoms with E-state index >= 15 is 0 Å². The van der Waals surface area contributed by atoms with E-state index in [1.165, 1.54) is 0 Å². The SMILES string of the molecule is NC1(C2CC2)CN(S(=O)(=O)C(F)F)C1. The molecule has 0 unspecified atom stereocenters. The molecule has 0 amide bonds. The number of rotatable bonds is 3. The van der Waals surface area contributed by atoms with Crippen LogP contribution in [0.25, 0.3) is 0 Å². The van der Waals surface area contributed by atoms with Gasteiger partial charge in [-0.2, -0.15) is 13.1 Å². The first-order chi connectivity index (χ1) is 6.36. The molecule has 7 heteroatoms. The Morgan fingerprint density at radius 2 is 1.86 bits per heavy atom. The van der Waals surface area contributed by atoms with Gasteiger partial charge >= 0.3 is 5.76 Å². The highest BCUT2D eigenvalue weighted by atomic mass is 32.2. The number of hydrogen-bond donors (Lipinski definition) is 1. The van der Waals surface area contributed by atoms with E-state index in [9.17, 15) is 17.2 Å². The molecule has 1 saturated carbocycles. The Labute approximate surface area is 81.1 Å². The van der Waals surface area contributed by atoms with E-state index in [-0.39, 0.29) is 13.1 Å². The van der Waals surface area contributed by atoms with Gasteiger partial charge in [-0.3, -0.25) is 0 Å². The molecule has 82 valence electrons. The van der Waals surface area contributed by atoms with E-state index in [4.69, 9.17) is 5.73 Å². The number of alkyl halides is 2. The Morgan fingerprint density at radius 1 is 1.36 bits per heavy atom. The minimum absolute atomic E-state index is 0.0460. The molecule has 2 fully saturated rings. The van der Waals surface area contributed by atoms with Crippen LogP contribution < -0.4 is 5.73 Å². The molecule has 0 aromatic carbocycles. The Bertz CT molecular complexity index is 334. The van der Waals surface area contributed by atoms with Crippen molar-refractivity contribution in [3.63, 3.8) is 0 Å². The minimum Gasteiger partial charge on any atom is -0.323 e. The van der Waals surface area contributed by atoms with Crippen LogP contribution >= 0.6 is 0 Å². The van der Waals surface area contributed by atoms with Crippen molar-refractivity contribution in [3.8, 4) is 0 Å². The maximum Gasteiger partial charge on any atom is 0.350 e. The molecular formula is C7H12F2N2O2S. The summed E-state index contributed by atoms with van der Waals surface area (Å²) in [4.78, 5) is 0. The fraction of sp³-hybridized carbons (Fsp3) is 1.00. The summed E-state index contributed by atoms with van der Waals surface area (Å²) >= 11 is 0. The summed E-state index contributed by atoms with van der Waals surface area (Å²) in [5.74, 6) is -3.00. The Balaban J connectivity index is 2.00. The van der Waals surface area contributed by atoms with Gasteiger partial charge in [0.1, 0.15) is 0 Å². The molecule has 0 bridgehead atoms. The standard InChI is InChI=1S/C7H12F2N2O2S/c8-6(9)14(12,13)11-3-7(10,4-11)5-1-2-5/h5-6H,1-4,10H2. The highest BCUT2D eigenvalue weighted by Gasteiger charge is 2.55. The molecule has 0 atom stereocenters. The van der Waals surface area contributed by atoms with Gasteiger partial charge in [-0.1, -0.05) is 0 Å². The maximum absolute atomic E-state index is 12.1. The molecule has 14 heavy (non-hydrogen) atoms. The molecule has 4 nitrogen and oxygen atoms in total. The first-order valence-corrected chi connectivity index (χ1v) is 5.92. The van der Waals surface area contributed by atoms with Gasteiger partial charge in [-0.05, 0) is 18.8 Å². The average molecular weight is 226 g/mol. The van der Waals surface area contributed by atoms with Crippen LogP contribution in [0.1, 0.15) is 12.8 Å². The predicted molar refractivity (Wildman–Crippen MR) is 46.1 cm³/mol. The van der Waals surface area contributed by atoms with Gasteiger partial charge in [0.2, 0.25) is 0 Å². The Kier molecular flexibility index (Phi) is 2.10. The van der Waals surface area contributed by atoms with Gasteiger partial charge < -0.3 is 5.73 Å². The third-order valence-corrected chi connectivity index (χ3v) is 4.35. The van der Waals surface area contributed by atoms with E-state index in [1.807, 2.05) is 0 Å². The van der Waals surface area contributed by atoms with Crippen molar-refractivity contribution in [2.24, 2.45) is 11.7 Å². The van der Waals surface area contributed by atoms with Crippen molar-refractivity contribution in [2.45, 2.75) is 24.1 Å². The zero-order valence-electron chi connectivity index (χ0n) is 7.49. The summed E-state index contributed by atoms with van der Waals surface area (Å²) in [6.45, 7) is 0.0919. The van der Waals surface area contributed by atoms with Crippen molar-refractivity contribution in [1.29, 1.82) is 0 Å². The fourth-order valence-electron chi connectivity index (χ4n) is 1.82. The molecule has 2 aliphatic rings. The van der Waals surface area contributed by atoms with Crippen LogP contribution in [-0.4, -0.2) is 37.1 Å². The smallest absolute Gasteiger partial charge is 0.323 e. The number of hydrogen-bond acceptors (Lipinski definition) is 3. The molecule has 1 aliphatic heterocycles. The predicted octanol–water partition coefficient (Wildman–Crippen LogP) is -0.0381. The zero-order valence-corrected chi connectivity index (χ0v) is 8.30. The fourth-order valence-corrected chi connectivity index (χ4v) is 2.89. The van der Waals surface area contributed by atoms with E-state index in [2.05, 4.69) is 0 Å². The lowest BCUT2D eigenvalue weighted by Gasteiger charge is -2.46. The monoisotopic (exact) mass is 226 g/mol. The average Bonchev–Trinajstić information content (AvgIpc) is 2.80. The van der Waals surface area contributed by atoms with Crippen LogP contribution in [0.15, 0.2) is 0 Å². The van der Waals surface area contributed by atoms with Crippen molar-refractivity contribution >= 4 is 10.0 Å². The van der Waals surface area contributed by atoms with Crippen molar-refractivity contribution in [2.75, 3.05) is 13.1 Å². The van der Waals surface area contributed by atoms with E-state index < -0.39 is 21.3 Å². The van der Waals surface area contributed by atoms with Gasteiger partial charge in [0.15, 0.2) is 0 Å². The lowest BCUT2D eigenvalue weighted by molar-refractivity contribution is 0.120. The number of nitrogens with two attached hydrogens (primary N) is 1. The summed E-state index contributed by atoms with van der Waals surface area (Å²) in [6.07, 6.45) is 1.97. The van der Waals surface area contributed by atoms with Crippen LogP contribution in [0.3, 0.4) is 0 Å². The second-order valence-corrected chi connectivity index (χ2v) is 5.98. The van der Waals surface area contributed by atoms with E-state index in [0.29, 0.717) is 5.92 Å². The molecule has 2 rings (SSSR count). The molecule has 1 saturated heterocycles. The van der Waals surface area contributed by atoms with Gasteiger partial charge in [0, 0.05) is 18.6 Å². The van der Waals surface area contributed by atoms with Crippen LogP contribution in [0.2, 0.25) is 0 Å². The summed E-state index contributed by atoms with van der Waals surface area (Å²) < 4.78 is 46.9. The largest absolute Gasteiger partial charge is 0.350 e. The van der Waals surface area contributed by atoms with Crippen LogP contribution in [0.5, 0.6) is 0 Å². The van der Waals surface area contributed by atoms with Gasteiger partial charge in [-0.25, -0.2) is 8.42 Å². The quantitative estimate of drug-likeness (QED) is 0.734. The van der Waals surface area contributed by atoms with E-state index in [0.717, 1.165) is 17.1 Å². The Morgan fingerprint density at radius 3 is 2.21 bits per heavy atom. The van der Waals surface area contributed by atoms with Crippen LogP contribution in [-0.2, 0) is 10.0 Å². The highest BCUT2D eigenvalue weighted by molar-refractivity contribution is 7.89. The Hall–Kier alpha value is -0.270. The molecule has 0 aromatic heterocycles. The van der Waals surface area contributed by atoms with Crippen molar-refractivity contribution < 1.29 is 17.2 Å². The third-order valence-electron chi connectivity index (χ3n) is 2.92. The first-order valence-electron chi connectivity index (χ1n) is 4.42. The molecule has 1 aliphatic carbocycles. The molecular weight excluding hydrogens is 214 g/mol. The molecule has 1 heterocycles. The first kappa shape index (κ1) is 10.3. The van der Waals surface area contributed by atoms with Gasteiger partial charge in [0.05, 0.1) is 0 Å². The van der Waals surface area contributed by atoms with Gasteiger partial charge in [0.25, 0.3) is 10.0 Å². The highest BCUT2D eigenvalue weighted by Crippen LogP contribution is 2.44. The van der Waals surface area contributed by atoms with Crippen LogP contribution in [0.4, 0.5) is 8.78 Å². The van der Waals surface area contributed by atoms with Crippen molar-refractivity contribution in [1.82, 2.24) is 4.31 Å². The second kappa shape index (κ2) is 2.86. The van der Waals surface area contributed by atoms with Gasteiger partial charge in [-0.15, -0.1) is 0 Å². The topological polar surface area (TPSA) is 63.4 Å². The number of sulfonamides is 1. The molecule has 0 spiro atoms. The van der Waals surface area contributed by atoms with E-state index in [1.54, 1.807) is 0 Å². The lowest BCUT2D eigenvalue weighted by atomic mass is 9.88. The normalized spacial score (nSPS) is 27.7. The summed E-state index contributed by atoms with van der Waals surface area (Å²) in [7, 11) is -4.40. The molecule has 0 radical (unpaired) electrons. The zero-order chi connectivity index (χ0) is 10.6. The summed E-state index contributed by atoms with van der Waals surface area (Å²) in [6, 6.07) is 0.